The minimum atomic E-state index is 0.339. The lowest BCUT2D eigenvalue weighted by Gasteiger charge is -2.21. The second-order valence-electron chi connectivity index (χ2n) is 6.66. The Labute approximate surface area is 151 Å². The highest BCUT2D eigenvalue weighted by molar-refractivity contribution is 5.51. The predicted molar refractivity (Wildman–Crippen MR) is 96.7 cm³/mol. The van der Waals surface area contributed by atoms with Crippen LogP contribution >= 0.6 is 0 Å². The molecule has 6 nitrogen and oxygen atoms in total. The summed E-state index contributed by atoms with van der Waals surface area (Å²) >= 11 is 0. The van der Waals surface area contributed by atoms with Crippen molar-refractivity contribution in [3.05, 3.63) is 65.9 Å². The number of nitrogens with zero attached hydrogens (tertiary/aromatic N) is 3. The van der Waals surface area contributed by atoms with E-state index in [4.69, 9.17) is 9.47 Å². The Kier molecular flexibility index (Phi) is 3.83. The van der Waals surface area contributed by atoms with Crippen LogP contribution in [0.2, 0.25) is 0 Å². The summed E-state index contributed by atoms with van der Waals surface area (Å²) in [5.74, 6) is 2.64. The average Bonchev–Trinajstić information content (AvgIpc) is 3.35. The molecule has 5 rings (SSSR count). The standard InChI is InChI=1S/C20H20N4O2/c1-2-17(16-11-19-18(10-15(1)16)25-7-8-26-19)23-12-14-3-4-22-20(9-14)24-6-5-21-13-24/h3-6,9-11,13,17,23H,1-2,7-8,12H2/t17-/m0/s1. The van der Waals surface area contributed by atoms with E-state index in [-0.39, 0.29) is 0 Å². The van der Waals surface area contributed by atoms with Crippen molar-refractivity contribution in [1.29, 1.82) is 0 Å². The zero-order chi connectivity index (χ0) is 17.3. The van der Waals surface area contributed by atoms with E-state index < -0.39 is 0 Å². The maximum atomic E-state index is 5.75. The summed E-state index contributed by atoms with van der Waals surface area (Å²) in [4.78, 5) is 8.49. The van der Waals surface area contributed by atoms with Gasteiger partial charge in [-0.1, -0.05) is 0 Å². The van der Waals surface area contributed by atoms with Crippen molar-refractivity contribution in [2.24, 2.45) is 0 Å². The smallest absolute Gasteiger partial charge is 0.161 e. The molecule has 0 amide bonds. The lowest BCUT2D eigenvalue weighted by molar-refractivity contribution is 0.171. The lowest BCUT2D eigenvalue weighted by atomic mass is 10.1. The zero-order valence-electron chi connectivity index (χ0n) is 14.4. The third-order valence-corrected chi connectivity index (χ3v) is 5.01. The van der Waals surface area contributed by atoms with Crippen LogP contribution in [0.5, 0.6) is 11.5 Å². The van der Waals surface area contributed by atoms with Crippen LogP contribution in [0.1, 0.15) is 29.2 Å². The Morgan fingerprint density at radius 2 is 2.00 bits per heavy atom. The minimum absolute atomic E-state index is 0.339. The van der Waals surface area contributed by atoms with Crippen LogP contribution in [-0.2, 0) is 13.0 Å². The number of pyridine rings is 1. The van der Waals surface area contributed by atoms with Gasteiger partial charge in [0.15, 0.2) is 11.5 Å². The molecule has 0 saturated heterocycles. The topological polar surface area (TPSA) is 61.2 Å². The summed E-state index contributed by atoms with van der Waals surface area (Å²) in [6.07, 6.45) is 9.43. The molecule has 1 aromatic carbocycles. The van der Waals surface area contributed by atoms with Gasteiger partial charge in [-0.25, -0.2) is 9.97 Å². The van der Waals surface area contributed by atoms with Crippen LogP contribution < -0.4 is 14.8 Å². The van der Waals surface area contributed by atoms with Gasteiger partial charge in [-0.15, -0.1) is 0 Å². The van der Waals surface area contributed by atoms with E-state index in [1.807, 2.05) is 23.0 Å². The molecule has 1 N–H and O–H groups in total. The average molecular weight is 348 g/mol. The largest absolute Gasteiger partial charge is 0.486 e. The molecule has 1 atom stereocenters. The number of nitrogens with one attached hydrogen (secondary N) is 1. The highest BCUT2D eigenvalue weighted by Gasteiger charge is 2.26. The van der Waals surface area contributed by atoms with E-state index in [2.05, 4.69) is 33.5 Å². The number of imidazole rings is 1. The van der Waals surface area contributed by atoms with Gasteiger partial charge in [0.1, 0.15) is 25.4 Å². The van der Waals surface area contributed by atoms with E-state index in [1.165, 1.54) is 16.7 Å². The van der Waals surface area contributed by atoms with E-state index >= 15 is 0 Å². The number of rotatable bonds is 4. The second-order valence-corrected chi connectivity index (χ2v) is 6.66. The van der Waals surface area contributed by atoms with Crippen LogP contribution in [0.3, 0.4) is 0 Å². The van der Waals surface area contributed by atoms with E-state index in [1.54, 1.807) is 12.5 Å². The van der Waals surface area contributed by atoms with Crippen molar-refractivity contribution in [3.63, 3.8) is 0 Å². The molecule has 0 bridgehead atoms. The molecule has 132 valence electrons. The number of hydrogen-bond donors (Lipinski definition) is 1. The molecule has 0 fully saturated rings. The maximum Gasteiger partial charge on any atom is 0.161 e. The normalized spacial score (nSPS) is 17.9. The van der Waals surface area contributed by atoms with Gasteiger partial charge in [0, 0.05) is 31.2 Å². The van der Waals surface area contributed by atoms with Crippen LogP contribution in [0, 0.1) is 0 Å². The van der Waals surface area contributed by atoms with Crippen LogP contribution in [0.25, 0.3) is 5.82 Å². The summed E-state index contributed by atoms with van der Waals surface area (Å²) < 4.78 is 13.4. The first kappa shape index (κ1) is 15.4. The van der Waals surface area contributed by atoms with Crippen molar-refractivity contribution in [3.8, 4) is 17.3 Å². The Bertz CT molecular complexity index is 924. The van der Waals surface area contributed by atoms with Gasteiger partial charge in [-0.3, -0.25) is 4.57 Å². The summed E-state index contributed by atoms with van der Waals surface area (Å²) in [5.41, 5.74) is 3.90. The Morgan fingerprint density at radius 1 is 1.12 bits per heavy atom. The Hall–Kier alpha value is -2.86. The summed E-state index contributed by atoms with van der Waals surface area (Å²) in [5, 5.41) is 3.68. The first-order chi connectivity index (χ1) is 12.9. The number of ether oxygens (including phenoxy) is 2. The molecule has 1 aliphatic carbocycles. The SMILES string of the molecule is c1cn(-c2cc(CN[C@H]3CCc4cc5c(cc43)OCCO5)ccn2)cn1. The van der Waals surface area contributed by atoms with Gasteiger partial charge >= 0.3 is 0 Å². The van der Waals surface area contributed by atoms with Crippen molar-refractivity contribution in [1.82, 2.24) is 19.9 Å². The molecule has 1 aliphatic heterocycles. The van der Waals surface area contributed by atoms with Crippen LogP contribution in [0.4, 0.5) is 0 Å². The quantitative estimate of drug-likeness (QED) is 0.786. The first-order valence-electron chi connectivity index (χ1n) is 8.96. The van der Waals surface area contributed by atoms with Gasteiger partial charge in [-0.2, -0.15) is 0 Å². The fourth-order valence-electron chi connectivity index (χ4n) is 3.70. The zero-order valence-corrected chi connectivity index (χ0v) is 14.4. The van der Waals surface area contributed by atoms with Crippen LogP contribution in [0.15, 0.2) is 49.2 Å². The third kappa shape index (κ3) is 2.82. The van der Waals surface area contributed by atoms with E-state index in [0.29, 0.717) is 19.3 Å². The van der Waals surface area contributed by atoms with Gasteiger partial charge in [0.2, 0.25) is 0 Å². The predicted octanol–water partition coefficient (Wildman–Crippen LogP) is 2.82. The monoisotopic (exact) mass is 348 g/mol. The summed E-state index contributed by atoms with van der Waals surface area (Å²) in [6.45, 7) is 2.05. The molecule has 0 saturated carbocycles. The van der Waals surface area contributed by atoms with Crippen molar-refractivity contribution in [2.75, 3.05) is 13.2 Å². The molecule has 0 unspecified atom stereocenters. The maximum absolute atomic E-state index is 5.75. The number of benzene rings is 1. The second kappa shape index (κ2) is 6.46. The molecule has 3 heterocycles. The van der Waals surface area contributed by atoms with E-state index in [0.717, 1.165) is 36.7 Å². The summed E-state index contributed by atoms with van der Waals surface area (Å²) in [7, 11) is 0. The van der Waals surface area contributed by atoms with Gasteiger partial charge in [-0.05, 0) is 53.8 Å². The van der Waals surface area contributed by atoms with E-state index in [9.17, 15) is 0 Å². The third-order valence-electron chi connectivity index (χ3n) is 5.01. The number of aryl methyl sites for hydroxylation is 1. The van der Waals surface area contributed by atoms with Gasteiger partial charge in [0.05, 0.1) is 0 Å². The molecule has 6 heteroatoms. The van der Waals surface area contributed by atoms with Gasteiger partial charge in [0.25, 0.3) is 0 Å². The number of hydrogen-bond acceptors (Lipinski definition) is 5. The van der Waals surface area contributed by atoms with Crippen molar-refractivity contribution >= 4 is 0 Å². The molecule has 0 spiro atoms. The molecular formula is C20H20N4O2. The molecule has 2 aliphatic rings. The fourth-order valence-corrected chi connectivity index (χ4v) is 3.70. The fraction of sp³-hybridized carbons (Fsp3) is 0.300. The highest BCUT2D eigenvalue weighted by atomic mass is 16.6. The number of aromatic nitrogens is 3. The summed E-state index contributed by atoms with van der Waals surface area (Å²) in [6, 6.07) is 8.78. The molecule has 26 heavy (non-hydrogen) atoms. The minimum Gasteiger partial charge on any atom is -0.486 e. The Morgan fingerprint density at radius 3 is 2.85 bits per heavy atom. The number of fused-ring (bicyclic) bond motifs is 2. The lowest BCUT2D eigenvalue weighted by Crippen LogP contribution is -2.20. The molecule has 3 aromatic rings. The highest BCUT2D eigenvalue weighted by Crippen LogP contribution is 2.40. The van der Waals surface area contributed by atoms with Crippen LogP contribution in [-0.4, -0.2) is 27.7 Å². The van der Waals surface area contributed by atoms with Gasteiger partial charge < -0.3 is 14.8 Å². The first-order valence-corrected chi connectivity index (χ1v) is 8.96. The van der Waals surface area contributed by atoms with Crippen molar-refractivity contribution in [2.45, 2.75) is 25.4 Å². The van der Waals surface area contributed by atoms with Crippen molar-refractivity contribution < 1.29 is 9.47 Å². The molecule has 2 aromatic heterocycles. The molecular weight excluding hydrogens is 328 g/mol. The Balaban J connectivity index is 1.32. The molecule has 0 radical (unpaired) electrons.